The molecule has 0 spiro atoms. The highest BCUT2D eigenvalue weighted by atomic mass is 16.5. The zero-order valence-corrected chi connectivity index (χ0v) is 9.06. The summed E-state index contributed by atoms with van der Waals surface area (Å²) >= 11 is 0. The Morgan fingerprint density at radius 1 is 1.57 bits per heavy atom. The summed E-state index contributed by atoms with van der Waals surface area (Å²) in [6.07, 6.45) is -0.678. The van der Waals surface area contributed by atoms with Gasteiger partial charge >= 0.3 is 5.97 Å². The molecule has 1 aliphatic heterocycles. The van der Waals surface area contributed by atoms with E-state index in [9.17, 15) is 4.79 Å². The number of carboxylic acids is 1. The first-order chi connectivity index (χ1) is 6.54. The van der Waals surface area contributed by atoms with Gasteiger partial charge in [0.1, 0.15) is 0 Å². The van der Waals surface area contributed by atoms with E-state index in [-0.39, 0.29) is 0 Å². The molecule has 1 heterocycles. The van der Waals surface area contributed by atoms with Gasteiger partial charge in [0.05, 0.1) is 0 Å². The molecule has 0 bridgehead atoms. The van der Waals surface area contributed by atoms with Crippen molar-refractivity contribution >= 4 is 5.97 Å². The number of ether oxygens (including phenoxy) is 1. The molecule has 14 heavy (non-hydrogen) atoms. The lowest BCUT2D eigenvalue weighted by Crippen LogP contribution is -2.52. The molecule has 1 unspecified atom stereocenters. The lowest BCUT2D eigenvalue weighted by atomic mass is 9.88. The molecule has 0 aromatic rings. The second-order valence-corrected chi connectivity index (χ2v) is 4.29. The van der Waals surface area contributed by atoms with Crippen LogP contribution in [0.2, 0.25) is 0 Å². The van der Waals surface area contributed by atoms with Crippen molar-refractivity contribution < 1.29 is 14.6 Å². The topological polar surface area (TPSA) is 49.8 Å². The molecule has 1 N–H and O–H groups in total. The first-order valence-corrected chi connectivity index (χ1v) is 5.02. The number of likely N-dealkylation sites (tertiary alicyclic amines) is 1. The third-order valence-corrected chi connectivity index (χ3v) is 2.91. The van der Waals surface area contributed by atoms with Gasteiger partial charge in [-0.1, -0.05) is 13.8 Å². The Balaban J connectivity index is 2.24. The largest absolute Gasteiger partial charge is 0.479 e. The highest BCUT2D eigenvalue weighted by Crippen LogP contribution is 2.23. The van der Waals surface area contributed by atoms with E-state index in [4.69, 9.17) is 9.84 Å². The number of carbonyl (C=O) groups is 1. The van der Waals surface area contributed by atoms with Gasteiger partial charge in [-0.3, -0.25) is 4.90 Å². The molecule has 1 rings (SSSR count). The summed E-state index contributed by atoms with van der Waals surface area (Å²) < 4.78 is 4.87. The van der Waals surface area contributed by atoms with Gasteiger partial charge in [0.2, 0.25) is 0 Å². The minimum absolute atomic E-state index is 0.509. The lowest BCUT2D eigenvalue weighted by molar-refractivity contribution is -0.150. The third kappa shape index (κ3) is 2.69. The van der Waals surface area contributed by atoms with Crippen LogP contribution < -0.4 is 0 Å². The Hall–Kier alpha value is -0.610. The number of hydrogen-bond acceptors (Lipinski definition) is 3. The molecule has 4 heteroatoms. The maximum atomic E-state index is 10.7. The number of carboxylic acid groups (broad SMARTS) is 1. The fourth-order valence-corrected chi connectivity index (χ4v) is 1.67. The Bertz CT molecular complexity index is 200. The van der Waals surface area contributed by atoms with Crippen LogP contribution in [0.3, 0.4) is 0 Å². The molecular formula is C10H19NO3. The fraction of sp³-hybridized carbons (Fsp3) is 0.900. The number of aliphatic carboxylic acids is 1. The molecule has 0 radical (unpaired) electrons. The summed E-state index contributed by atoms with van der Waals surface area (Å²) in [6, 6.07) is 0. The molecule has 0 aliphatic carbocycles. The van der Waals surface area contributed by atoms with Crippen molar-refractivity contribution in [2.75, 3.05) is 26.7 Å². The molecule has 0 amide bonds. The molecule has 1 atom stereocenters. The molecule has 1 saturated heterocycles. The second-order valence-electron chi connectivity index (χ2n) is 4.29. The van der Waals surface area contributed by atoms with Gasteiger partial charge in [0, 0.05) is 26.7 Å². The third-order valence-electron chi connectivity index (χ3n) is 2.91. The summed E-state index contributed by atoms with van der Waals surface area (Å²) in [6.45, 7) is 6.92. The number of nitrogens with zero attached hydrogens (tertiary/aromatic N) is 1. The molecule has 4 nitrogen and oxygen atoms in total. The monoisotopic (exact) mass is 201 g/mol. The Morgan fingerprint density at radius 3 is 2.50 bits per heavy atom. The number of rotatable bonds is 5. The van der Waals surface area contributed by atoms with Crippen molar-refractivity contribution in [1.82, 2.24) is 4.90 Å². The van der Waals surface area contributed by atoms with Crippen molar-refractivity contribution in [2.45, 2.75) is 20.0 Å². The quantitative estimate of drug-likeness (QED) is 0.710. The van der Waals surface area contributed by atoms with E-state index in [0.29, 0.717) is 12.5 Å². The van der Waals surface area contributed by atoms with Crippen LogP contribution >= 0.6 is 0 Å². The molecular weight excluding hydrogens is 182 g/mol. The summed E-state index contributed by atoms with van der Waals surface area (Å²) in [5.74, 6) is 0.541. The van der Waals surface area contributed by atoms with E-state index in [1.807, 2.05) is 0 Å². The average molecular weight is 201 g/mol. The van der Waals surface area contributed by atoms with Crippen LogP contribution in [0.1, 0.15) is 13.8 Å². The first-order valence-electron chi connectivity index (χ1n) is 5.02. The predicted octanol–water partition coefficient (Wildman–Crippen LogP) is 0.674. The van der Waals surface area contributed by atoms with Gasteiger partial charge in [-0.15, -0.1) is 0 Å². The standard InChI is InChI=1S/C10H19NO3/c1-7(2)8-4-11(5-8)6-9(14-3)10(12)13/h7-9H,4-6H2,1-3H3,(H,12,13). The molecule has 0 saturated carbocycles. The second kappa shape index (κ2) is 4.75. The van der Waals surface area contributed by atoms with Gasteiger partial charge in [-0.2, -0.15) is 0 Å². The Morgan fingerprint density at radius 2 is 2.14 bits per heavy atom. The zero-order valence-electron chi connectivity index (χ0n) is 9.06. The highest BCUT2D eigenvalue weighted by molar-refractivity contribution is 5.72. The van der Waals surface area contributed by atoms with E-state index in [0.717, 1.165) is 19.0 Å². The van der Waals surface area contributed by atoms with Crippen LogP contribution in [0.4, 0.5) is 0 Å². The summed E-state index contributed by atoms with van der Waals surface area (Å²) in [5.41, 5.74) is 0. The molecule has 82 valence electrons. The fourth-order valence-electron chi connectivity index (χ4n) is 1.67. The maximum Gasteiger partial charge on any atom is 0.334 e. The van der Waals surface area contributed by atoms with E-state index in [1.165, 1.54) is 7.11 Å². The maximum absolute atomic E-state index is 10.7. The first kappa shape index (κ1) is 11.5. The van der Waals surface area contributed by atoms with Gasteiger partial charge in [-0.25, -0.2) is 4.79 Å². The number of methoxy groups -OCH3 is 1. The Labute approximate surface area is 84.8 Å². The van der Waals surface area contributed by atoms with Crippen LogP contribution in [-0.4, -0.2) is 48.8 Å². The predicted molar refractivity (Wildman–Crippen MR) is 53.2 cm³/mol. The van der Waals surface area contributed by atoms with E-state index < -0.39 is 12.1 Å². The molecule has 0 aromatic carbocycles. The SMILES string of the molecule is COC(CN1CC(C(C)C)C1)C(=O)O. The normalized spacial score (nSPS) is 20.9. The van der Waals surface area contributed by atoms with E-state index >= 15 is 0 Å². The smallest absolute Gasteiger partial charge is 0.334 e. The van der Waals surface area contributed by atoms with Crippen LogP contribution in [-0.2, 0) is 9.53 Å². The summed E-state index contributed by atoms with van der Waals surface area (Å²) in [4.78, 5) is 12.8. The summed E-state index contributed by atoms with van der Waals surface area (Å²) in [7, 11) is 1.44. The minimum atomic E-state index is -0.875. The molecule has 1 fully saturated rings. The Kier molecular flexibility index (Phi) is 3.89. The molecule has 1 aliphatic rings. The highest BCUT2D eigenvalue weighted by Gasteiger charge is 2.32. The van der Waals surface area contributed by atoms with Gasteiger partial charge in [-0.05, 0) is 11.8 Å². The van der Waals surface area contributed by atoms with Crippen LogP contribution in [0, 0.1) is 11.8 Å². The van der Waals surface area contributed by atoms with Crippen molar-refractivity contribution in [3.05, 3.63) is 0 Å². The number of hydrogen-bond donors (Lipinski definition) is 1. The summed E-state index contributed by atoms with van der Waals surface area (Å²) in [5, 5.41) is 8.77. The van der Waals surface area contributed by atoms with Crippen LogP contribution in [0.5, 0.6) is 0 Å². The van der Waals surface area contributed by atoms with Crippen molar-refractivity contribution in [1.29, 1.82) is 0 Å². The van der Waals surface area contributed by atoms with Gasteiger partial charge < -0.3 is 9.84 Å². The lowest BCUT2D eigenvalue weighted by Gasteiger charge is -2.42. The van der Waals surface area contributed by atoms with Gasteiger partial charge in [0.25, 0.3) is 0 Å². The van der Waals surface area contributed by atoms with Crippen molar-refractivity contribution in [3.63, 3.8) is 0 Å². The van der Waals surface area contributed by atoms with E-state index in [1.54, 1.807) is 0 Å². The van der Waals surface area contributed by atoms with Gasteiger partial charge in [0.15, 0.2) is 6.10 Å². The van der Waals surface area contributed by atoms with Crippen LogP contribution in [0.15, 0.2) is 0 Å². The van der Waals surface area contributed by atoms with Crippen molar-refractivity contribution in [2.24, 2.45) is 11.8 Å². The molecule has 0 aromatic heterocycles. The van der Waals surface area contributed by atoms with Crippen molar-refractivity contribution in [3.8, 4) is 0 Å². The van der Waals surface area contributed by atoms with E-state index in [2.05, 4.69) is 18.7 Å². The van der Waals surface area contributed by atoms with Crippen LogP contribution in [0.25, 0.3) is 0 Å². The minimum Gasteiger partial charge on any atom is -0.479 e. The zero-order chi connectivity index (χ0) is 10.7. The average Bonchev–Trinajstić information content (AvgIpc) is 2.00.